The van der Waals surface area contributed by atoms with Crippen molar-refractivity contribution in [2.75, 3.05) is 0 Å². The lowest BCUT2D eigenvalue weighted by Gasteiger charge is -2.29. The van der Waals surface area contributed by atoms with Crippen LogP contribution in [0.25, 0.3) is 0 Å². The predicted octanol–water partition coefficient (Wildman–Crippen LogP) is 3.85. The Labute approximate surface area is 145 Å². The first kappa shape index (κ1) is 16.1. The maximum Gasteiger partial charge on any atom is 0.254 e. The first-order chi connectivity index (χ1) is 11.0. The summed E-state index contributed by atoms with van der Waals surface area (Å²) in [5.41, 5.74) is 1.13. The Kier molecular flexibility index (Phi) is 4.46. The van der Waals surface area contributed by atoms with E-state index in [0.29, 0.717) is 12.3 Å². The van der Waals surface area contributed by atoms with Gasteiger partial charge in [-0.05, 0) is 31.5 Å². The maximum absolute atomic E-state index is 12.8. The van der Waals surface area contributed by atoms with Crippen molar-refractivity contribution in [3.63, 3.8) is 0 Å². The summed E-state index contributed by atoms with van der Waals surface area (Å²) < 4.78 is 6.65. The van der Waals surface area contributed by atoms with E-state index in [-0.39, 0.29) is 10.9 Å². The molecule has 2 aromatic rings. The summed E-state index contributed by atoms with van der Waals surface area (Å²) in [5, 5.41) is 12.8. The second-order valence-corrected chi connectivity index (χ2v) is 8.25. The second kappa shape index (κ2) is 6.37. The summed E-state index contributed by atoms with van der Waals surface area (Å²) in [6.07, 6.45) is 2.66. The van der Waals surface area contributed by atoms with Gasteiger partial charge in [0, 0.05) is 0 Å². The van der Waals surface area contributed by atoms with Gasteiger partial charge < -0.3 is 9.62 Å². The Hall–Kier alpha value is -1.79. The molecule has 1 atom stereocenters. The zero-order valence-corrected chi connectivity index (χ0v) is 14.6. The second-order valence-electron chi connectivity index (χ2n) is 5.96. The van der Waals surface area contributed by atoms with Crippen molar-refractivity contribution in [3.8, 4) is 0 Å². The molecule has 0 spiro atoms. The number of rotatable bonds is 4. The van der Waals surface area contributed by atoms with E-state index in [9.17, 15) is 5.21 Å². The van der Waals surface area contributed by atoms with Crippen molar-refractivity contribution in [2.24, 2.45) is 0 Å². The minimum Gasteiger partial charge on any atom is -0.622 e. The summed E-state index contributed by atoms with van der Waals surface area (Å²) in [6, 6.07) is 13.6. The molecule has 0 aliphatic carbocycles. The molecule has 0 amide bonds. The van der Waals surface area contributed by atoms with Crippen LogP contribution in [0.4, 0.5) is 0 Å². The molecule has 23 heavy (non-hydrogen) atoms. The van der Waals surface area contributed by atoms with Crippen LogP contribution in [0.5, 0.6) is 0 Å². The summed E-state index contributed by atoms with van der Waals surface area (Å²) in [6.45, 7) is 4.70. The van der Waals surface area contributed by atoms with Gasteiger partial charge in [-0.1, -0.05) is 54.3 Å². The van der Waals surface area contributed by atoms with Crippen LogP contribution < -0.4 is 0 Å². The van der Waals surface area contributed by atoms with Crippen molar-refractivity contribution >= 4 is 34.5 Å². The number of thiocarbonyl (C=S) groups is 1. The van der Waals surface area contributed by atoms with Gasteiger partial charge in [0.25, 0.3) is 6.17 Å². The minimum atomic E-state index is -0.384. The zero-order chi connectivity index (χ0) is 16.4. The lowest BCUT2D eigenvalue weighted by Crippen LogP contribution is -2.47. The topological polar surface area (TPSA) is 42.5 Å². The molecular weight excluding hydrogens is 328 g/mol. The van der Waals surface area contributed by atoms with Gasteiger partial charge in [0.1, 0.15) is 9.07 Å². The van der Waals surface area contributed by atoms with Gasteiger partial charge in [-0.25, -0.2) is 0 Å². The Morgan fingerprint density at radius 3 is 2.70 bits per heavy atom. The summed E-state index contributed by atoms with van der Waals surface area (Å²) in [5.74, 6) is 0.540. The summed E-state index contributed by atoms with van der Waals surface area (Å²) >= 11 is 7.08. The molecule has 4 nitrogen and oxygen atoms in total. The van der Waals surface area contributed by atoms with Gasteiger partial charge in [-0.15, -0.1) is 0 Å². The smallest absolute Gasteiger partial charge is 0.254 e. The van der Waals surface area contributed by atoms with Crippen molar-refractivity contribution in [1.29, 1.82) is 0 Å². The average molecular weight is 346 g/mol. The molecule has 0 N–H and O–H groups in total. The van der Waals surface area contributed by atoms with E-state index in [4.69, 9.17) is 16.6 Å². The van der Waals surface area contributed by atoms with Crippen LogP contribution in [0.3, 0.4) is 0 Å². The Morgan fingerprint density at radius 1 is 1.30 bits per heavy atom. The molecule has 1 aromatic heterocycles. The molecule has 0 radical (unpaired) electrons. The van der Waals surface area contributed by atoms with E-state index < -0.39 is 0 Å². The third kappa shape index (κ3) is 3.43. The molecule has 0 saturated carbocycles. The fourth-order valence-electron chi connectivity index (χ4n) is 2.75. The molecule has 120 valence electrons. The number of benzene rings is 1. The van der Waals surface area contributed by atoms with E-state index >= 15 is 0 Å². The van der Waals surface area contributed by atoms with E-state index in [0.717, 1.165) is 14.6 Å². The van der Waals surface area contributed by atoms with E-state index in [1.54, 1.807) is 30.2 Å². The van der Waals surface area contributed by atoms with Crippen LogP contribution in [0.2, 0.25) is 0 Å². The number of nitrogens with zero attached hydrogens (tertiary/aromatic N) is 2. The van der Waals surface area contributed by atoms with Crippen LogP contribution in [-0.2, 0) is 6.54 Å². The number of hydrogen-bond donors (Lipinski definition) is 0. The molecule has 0 unspecified atom stereocenters. The third-order valence-electron chi connectivity index (χ3n) is 3.74. The lowest BCUT2D eigenvalue weighted by molar-refractivity contribution is -0.524. The van der Waals surface area contributed by atoms with Gasteiger partial charge >= 0.3 is 0 Å². The van der Waals surface area contributed by atoms with Crippen LogP contribution >= 0.6 is 24.0 Å². The summed E-state index contributed by atoms with van der Waals surface area (Å²) in [7, 11) is 0. The van der Waals surface area contributed by atoms with Gasteiger partial charge in [0.2, 0.25) is 6.21 Å². The number of furan rings is 1. The molecule has 1 saturated heterocycles. The quantitative estimate of drug-likeness (QED) is 0.277. The first-order valence-electron chi connectivity index (χ1n) is 7.35. The largest absolute Gasteiger partial charge is 0.622 e. The van der Waals surface area contributed by atoms with E-state index in [1.165, 1.54) is 6.21 Å². The highest BCUT2D eigenvalue weighted by molar-refractivity contribution is 8.24. The van der Waals surface area contributed by atoms with Crippen LogP contribution in [0.1, 0.15) is 25.2 Å². The Balaban J connectivity index is 1.91. The van der Waals surface area contributed by atoms with Crippen molar-refractivity contribution in [2.45, 2.75) is 31.3 Å². The molecular formula is C17H18N2O2S2. The van der Waals surface area contributed by atoms with Crippen molar-refractivity contribution in [3.05, 3.63) is 65.3 Å². The molecule has 1 fully saturated rings. The molecule has 1 aliphatic rings. The Morgan fingerprint density at radius 2 is 2.04 bits per heavy atom. The van der Waals surface area contributed by atoms with Crippen LogP contribution in [-0.4, -0.2) is 31.1 Å². The van der Waals surface area contributed by atoms with Crippen LogP contribution in [0, 0.1) is 5.21 Å². The maximum atomic E-state index is 12.8. The standard InChI is InChI=1S/C17H18N2O2S2/c1-17(2)15(19(20)12-14-9-6-10-21-14)18(16(22)23-17)11-13-7-4-3-5-8-13/h3-10,12,15H,11H2,1-2H3/b19-12-/t15-/m1/s1. The number of hydroxylamine groups is 1. The van der Waals surface area contributed by atoms with Crippen molar-refractivity contribution < 1.29 is 9.16 Å². The highest BCUT2D eigenvalue weighted by Crippen LogP contribution is 2.42. The number of thioether (sulfide) groups is 1. The summed E-state index contributed by atoms with van der Waals surface area (Å²) in [4.78, 5) is 1.99. The van der Waals surface area contributed by atoms with Gasteiger partial charge in [0.05, 0.1) is 12.8 Å². The predicted molar refractivity (Wildman–Crippen MR) is 97.5 cm³/mol. The molecule has 1 aromatic carbocycles. The lowest BCUT2D eigenvalue weighted by atomic mass is 10.1. The van der Waals surface area contributed by atoms with E-state index in [2.05, 4.69) is 0 Å². The molecule has 0 bridgehead atoms. The monoisotopic (exact) mass is 346 g/mol. The van der Waals surface area contributed by atoms with Crippen LogP contribution in [0.15, 0.2) is 53.1 Å². The zero-order valence-electron chi connectivity index (χ0n) is 13.0. The first-order valence-corrected chi connectivity index (χ1v) is 8.57. The normalized spacial score (nSPS) is 21.0. The van der Waals surface area contributed by atoms with Gasteiger partial charge in [0.15, 0.2) is 5.76 Å². The fraction of sp³-hybridized carbons (Fsp3) is 0.294. The highest BCUT2D eigenvalue weighted by Gasteiger charge is 2.50. The molecule has 6 heteroatoms. The molecule has 3 rings (SSSR count). The van der Waals surface area contributed by atoms with Crippen molar-refractivity contribution in [1.82, 2.24) is 4.90 Å². The fourth-order valence-corrected chi connectivity index (χ4v) is 4.62. The number of hydrogen-bond acceptors (Lipinski definition) is 4. The minimum absolute atomic E-state index is 0.309. The SMILES string of the molecule is CC1(C)SC(=S)N(Cc2ccccc2)[C@@H]1/[N+]([O-])=C/c1ccco1. The molecule has 1 aliphatic heterocycles. The average Bonchev–Trinajstić information content (AvgIpc) is 3.06. The van der Waals surface area contributed by atoms with E-state index in [1.807, 2.05) is 49.1 Å². The third-order valence-corrected chi connectivity index (χ3v) is 5.37. The Bertz CT molecular complexity index is 711. The highest BCUT2D eigenvalue weighted by atomic mass is 32.2. The molecule has 2 heterocycles. The van der Waals surface area contributed by atoms with Gasteiger partial charge in [-0.3, -0.25) is 4.90 Å². The van der Waals surface area contributed by atoms with Gasteiger partial charge in [-0.2, -0.15) is 4.74 Å².